The van der Waals surface area contributed by atoms with Gasteiger partial charge in [-0.15, -0.1) is 0 Å². The Morgan fingerprint density at radius 1 is 0.680 bits per heavy atom. The molecule has 0 radical (unpaired) electrons. The van der Waals surface area contributed by atoms with Gasteiger partial charge in [-0.3, -0.25) is 0 Å². The first kappa shape index (κ1) is 35.4. The minimum atomic E-state index is -0.433. The van der Waals surface area contributed by atoms with Crippen LogP contribution in [0.3, 0.4) is 0 Å². The molecule has 2 aromatic heterocycles. The number of aromatic amines is 2. The number of aromatic nitrogens is 2. The molecule has 3 N–H and O–H groups in total. The second kappa shape index (κ2) is 16.9. The van der Waals surface area contributed by atoms with Crippen LogP contribution in [-0.4, -0.2) is 46.7 Å². The lowest BCUT2D eigenvalue weighted by Crippen LogP contribution is -2.06. The van der Waals surface area contributed by atoms with Crippen LogP contribution in [0, 0.1) is 13.8 Å². The monoisotopic (exact) mass is 672 g/mol. The number of aryl methyl sites for hydroxylation is 3. The van der Waals surface area contributed by atoms with Gasteiger partial charge in [0, 0.05) is 45.9 Å². The quantitative estimate of drug-likeness (QED) is 0.0728. The number of fused-ring (bicyclic) bond motifs is 2. The van der Waals surface area contributed by atoms with Crippen LogP contribution in [0.2, 0.25) is 0 Å². The van der Waals surface area contributed by atoms with E-state index in [2.05, 4.69) is 14.7 Å². The molecule has 2 heterocycles. The Morgan fingerprint density at radius 2 is 1.20 bits per heavy atom. The minimum Gasteiger partial charge on any atom is -0.466 e. The zero-order valence-corrected chi connectivity index (χ0v) is 28.3. The van der Waals surface area contributed by atoms with Gasteiger partial charge in [0.05, 0.1) is 18.2 Å². The second-order valence-corrected chi connectivity index (χ2v) is 11.7. The van der Waals surface area contributed by atoms with Gasteiger partial charge >= 0.3 is 17.9 Å². The van der Waals surface area contributed by atoms with Crippen molar-refractivity contribution in [2.45, 2.75) is 39.9 Å². The topological polar surface area (TPSA) is 131 Å². The number of rotatable bonds is 11. The molecule has 0 saturated heterocycles. The summed E-state index contributed by atoms with van der Waals surface area (Å²) < 4.78 is 15.5. The molecule has 0 fully saturated rings. The van der Waals surface area contributed by atoms with Gasteiger partial charge in [-0.2, -0.15) is 0 Å². The molecule has 9 heteroatoms. The van der Waals surface area contributed by atoms with E-state index in [1.165, 1.54) is 13.2 Å². The second-order valence-electron chi connectivity index (χ2n) is 11.7. The number of methoxy groups -OCH3 is 1. The highest BCUT2D eigenvalue weighted by Gasteiger charge is 2.19. The minimum absolute atomic E-state index is 0.163. The van der Waals surface area contributed by atoms with E-state index in [4.69, 9.17) is 14.6 Å². The summed E-state index contributed by atoms with van der Waals surface area (Å²) in [4.78, 5) is 42.9. The fraction of sp³-hybridized carbons (Fsp3) is 0.195. The highest BCUT2D eigenvalue weighted by molar-refractivity contribution is 6.07. The molecule has 6 aromatic rings. The molecular formula is C41H40N2O7. The SMILES string of the molecule is COC(=O)C=Cc1ccc2[nH]c(C)c(C(=O)OCc3ccccc3)c2c1.Cc1[nH]c2ccc(CCCO)cc2c1C(=O)OCc1ccccc1. The van der Waals surface area contributed by atoms with Gasteiger partial charge in [0.2, 0.25) is 0 Å². The lowest BCUT2D eigenvalue weighted by atomic mass is 10.0. The van der Waals surface area contributed by atoms with Crippen LogP contribution in [0.25, 0.3) is 27.9 Å². The largest absolute Gasteiger partial charge is 0.466 e. The molecule has 256 valence electrons. The van der Waals surface area contributed by atoms with E-state index in [-0.39, 0.29) is 31.8 Å². The Labute approximate surface area is 290 Å². The number of aliphatic hydroxyl groups is 1. The number of esters is 3. The summed E-state index contributed by atoms with van der Waals surface area (Å²) in [6.07, 6.45) is 4.48. The van der Waals surface area contributed by atoms with Crippen molar-refractivity contribution >= 4 is 45.8 Å². The molecule has 0 amide bonds. The third kappa shape index (κ3) is 8.94. The van der Waals surface area contributed by atoms with Crippen molar-refractivity contribution < 1.29 is 33.7 Å². The van der Waals surface area contributed by atoms with E-state index in [9.17, 15) is 14.4 Å². The van der Waals surface area contributed by atoms with Gasteiger partial charge in [0.15, 0.2) is 0 Å². The van der Waals surface area contributed by atoms with E-state index in [0.717, 1.165) is 61.9 Å². The summed E-state index contributed by atoms with van der Waals surface area (Å²) >= 11 is 0. The van der Waals surface area contributed by atoms with Crippen LogP contribution in [-0.2, 0) is 38.6 Å². The number of nitrogens with one attached hydrogen (secondary N) is 2. The fourth-order valence-corrected chi connectivity index (χ4v) is 5.61. The summed E-state index contributed by atoms with van der Waals surface area (Å²) in [5, 5.41) is 10.6. The molecule has 9 nitrogen and oxygen atoms in total. The Morgan fingerprint density at radius 3 is 1.72 bits per heavy atom. The Kier molecular flexibility index (Phi) is 12.0. The highest BCUT2D eigenvalue weighted by atomic mass is 16.5. The van der Waals surface area contributed by atoms with E-state index in [0.29, 0.717) is 17.5 Å². The van der Waals surface area contributed by atoms with Crippen molar-refractivity contribution in [2.24, 2.45) is 0 Å². The number of benzene rings is 4. The molecule has 0 spiro atoms. The standard InChI is InChI=1S/C21H19NO4.C20H21NO3/c1-14-20(21(24)26-13-16-6-4-3-5-7-16)17-12-15(8-10-18(17)22-14)9-11-19(23)25-2;1-14-19(20(23)24-13-16-6-3-2-4-7-16)17-12-15(8-5-11-22)9-10-18(17)21-14/h3-12,22H,13H2,1-2H3;2-4,6-7,9-10,12,21-22H,5,8,11,13H2,1H3. The van der Waals surface area contributed by atoms with E-state index >= 15 is 0 Å². The summed E-state index contributed by atoms with van der Waals surface area (Å²) in [6, 6.07) is 30.8. The van der Waals surface area contributed by atoms with Crippen LogP contribution < -0.4 is 0 Å². The van der Waals surface area contributed by atoms with Crippen LogP contribution in [0.1, 0.15) is 60.8 Å². The van der Waals surface area contributed by atoms with Crippen molar-refractivity contribution in [3.8, 4) is 0 Å². The number of hydrogen-bond donors (Lipinski definition) is 3. The van der Waals surface area contributed by atoms with Crippen LogP contribution in [0.15, 0.2) is 103 Å². The van der Waals surface area contributed by atoms with E-state index in [1.54, 1.807) is 6.08 Å². The van der Waals surface area contributed by atoms with E-state index < -0.39 is 5.97 Å². The number of H-pyrrole nitrogens is 2. The molecule has 0 aliphatic heterocycles. The third-order valence-electron chi connectivity index (χ3n) is 8.13. The first-order valence-electron chi connectivity index (χ1n) is 16.3. The van der Waals surface area contributed by atoms with Crippen molar-refractivity contribution in [3.05, 3.63) is 148 Å². The molecule has 4 aromatic carbocycles. The first-order valence-corrected chi connectivity index (χ1v) is 16.3. The van der Waals surface area contributed by atoms with Crippen LogP contribution >= 0.6 is 0 Å². The first-order chi connectivity index (χ1) is 24.3. The maximum atomic E-state index is 12.6. The number of hydrogen-bond acceptors (Lipinski definition) is 7. The Hall–Kier alpha value is -5.93. The average molecular weight is 673 g/mol. The molecule has 0 saturated carbocycles. The maximum absolute atomic E-state index is 12.6. The molecular weight excluding hydrogens is 632 g/mol. The van der Waals surface area contributed by atoms with Crippen LogP contribution in [0.4, 0.5) is 0 Å². The van der Waals surface area contributed by atoms with Gasteiger partial charge in [0.25, 0.3) is 0 Å². The predicted octanol–water partition coefficient (Wildman–Crippen LogP) is 7.78. The molecule has 0 bridgehead atoms. The molecule has 0 unspecified atom stereocenters. The molecule has 0 atom stereocenters. The number of carbonyl (C=O) groups excluding carboxylic acids is 3. The lowest BCUT2D eigenvalue weighted by molar-refractivity contribution is -0.134. The Balaban J connectivity index is 0.000000195. The number of carbonyl (C=O) groups is 3. The van der Waals surface area contributed by atoms with Crippen molar-refractivity contribution in [2.75, 3.05) is 13.7 Å². The van der Waals surface area contributed by atoms with Crippen molar-refractivity contribution in [1.29, 1.82) is 0 Å². The molecule has 50 heavy (non-hydrogen) atoms. The smallest absolute Gasteiger partial charge is 0.340 e. The molecule has 0 aliphatic rings. The highest BCUT2D eigenvalue weighted by Crippen LogP contribution is 2.26. The number of aliphatic hydroxyl groups excluding tert-OH is 1. The van der Waals surface area contributed by atoms with Gasteiger partial charge in [-0.05, 0) is 79.3 Å². The zero-order chi connectivity index (χ0) is 35.5. The predicted molar refractivity (Wildman–Crippen MR) is 194 cm³/mol. The summed E-state index contributed by atoms with van der Waals surface area (Å²) in [5.41, 5.74) is 8.19. The van der Waals surface area contributed by atoms with E-state index in [1.807, 2.05) is 111 Å². The fourth-order valence-electron chi connectivity index (χ4n) is 5.61. The molecule has 6 rings (SSSR count). The third-order valence-corrected chi connectivity index (χ3v) is 8.13. The van der Waals surface area contributed by atoms with Crippen molar-refractivity contribution in [3.63, 3.8) is 0 Å². The number of ether oxygens (including phenoxy) is 3. The van der Waals surface area contributed by atoms with Crippen molar-refractivity contribution in [1.82, 2.24) is 9.97 Å². The summed E-state index contributed by atoms with van der Waals surface area (Å²) in [7, 11) is 1.33. The van der Waals surface area contributed by atoms with Crippen LogP contribution in [0.5, 0.6) is 0 Å². The van der Waals surface area contributed by atoms with Gasteiger partial charge in [0.1, 0.15) is 13.2 Å². The summed E-state index contributed by atoms with van der Waals surface area (Å²) in [5.74, 6) is -1.13. The Bertz CT molecular complexity index is 2110. The van der Waals surface area contributed by atoms with Gasteiger partial charge in [-0.1, -0.05) is 72.8 Å². The van der Waals surface area contributed by atoms with Gasteiger partial charge in [-0.25, -0.2) is 14.4 Å². The van der Waals surface area contributed by atoms with Gasteiger partial charge < -0.3 is 29.3 Å². The zero-order valence-electron chi connectivity index (χ0n) is 28.3. The lowest BCUT2D eigenvalue weighted by Gasteiger charge is -2.06. The average Bonchev–Trinajstić information content (AvgIpc) is 3.66. The molecule has 0 aliphatic carbocycles. The maximum Gasteiger partial charge on any atom is 0.340 e. The summed E-state index contributed by atoms with van der Waals surface area (Å²) in [6.45, 7) is 4.36. The normalized spacial score (nSPS) is 11.0.